The van der Waals surface area contributed by atoms with E-state index in [4.69, 9.17) is 4.74 Å². The summed E-state index contributed by atoms with van der Waals surface area (Å²) in [5, 5.41) is 14.7. The molecule has 1 aromatic carbocycles. The van der Waals surface area contributed by atoms with E-state index in [9.17, 15) is 10.1 Å². The van der Waals surface area contributed by atoms with Crippen LogP contribution in [0.2, 0.25) is 0 Å². The number of nitrogens with one attached hydrogen (secondary N) is 1. The molecule has 20 heavy (non-hydrogen) atoms. The van der Waals surface area contributed by atoms with Crippen LogP contribution in [0.15, 0.2) is 24.5 Å². The van der Waals surface area contributed by atoms with E-state index in [0.717, 1.165) is 25.9 Å². The first-order valence-corrected chi connectivity index (χ1v) is 6.50. The highest BCUT2D eigenvalue weighted by Gasteiger charge is 2.18. The molecule has 1 N–H and O–H groups in total. The second-order valence-electron chi connectivity index (χ2n) is 4.70. The summed E-state index contributed by atoms with van der Waals surface area (Å²) in [6.45, 7) is 1.82. The predicted molar refractivity (Wildman–Crippen MR) is 72.7 cm³/mol. The highest BCUT2D eigenvalue weighted by molar-refractivity contribution is 5.85. The second kappa shape index (κ2) is 5.38. The Balaban J connectivity index is 1.96. The minimum Gasteiger partial charge on any atom is -0.474 e. The molecule has 1 fully saturated rings. The SMILES string of the molecule is O=[N+]([O-])c1ccc2ncnc(OC3CCNCC3)c2c1. The highest BCUT2D eigenvalue weighted by atomic mass is 16.6. The predicted octanol–water partition coefficient (Wildman–Crippen LogP) is 1.67. The molecule has 0 atom stereocenters. The van der Waals surface area contributed by atoms with E-state index in [2.05, 4.69) is 15.3 Å². The summed E-state index contributed by atoms with van der Waals surface area (Å²) in [6, 6.07) is 4.51. The average molecular weight is 274 g/mol. The van der Waals surface area contributed by atoms with Crippen LogP contribution in [0.4, 0.5) is 5.69 Å². The quantitative estimate of drug-likeness (QED) is 0.676. The van der Waals surface area contributed by atoms with Gasteiger partial charge in [-0.25, -0.2) is 9.97 Å². The largest absolute Gasteiger partial charge is 0.474 e. The minimum absolute atomic E-state index is 0.0162. The van der Waals surface area contributed by atoms with Crippen molar-refractivity contribution in [2.75, 3.05) is 13.1 Å². The smallest absolute Gasteiger partial charge is 0.270 e. The Hall–Kier alpha value is -2.28. The van der Waals surface area contributed by atoms with Gasteiger partial charge < -0.3 is 10.1 Å². The molecule has 1 saturated heterocycles. The van der Waals surface area contributed by atoms with Gasteiger partial charge in [-0.05, 0) is 32.0 Å². The van der Waals surface area contributed by atoms with Crippen molar-refractivity contribution >= 4 is 16.6 Å². The Kier molecular flexibility index (Phi) is 3.42. The van der Waals surface area contributed by atoms with Gasteiger partial charge in [0.05, 0.1) is 15.8 Å². The summed E-state index contributed by atoms with van der Waals surface area (Å²) < 4.78 is 5.89. The molecule has 1 aliphatic rings. The number of benzene rings is 1. The van der Waals surface area contributed by atoms with Crippen molar-refractivity contribution in [2.24, 2.45) is 0 Å². The normalized spacial score (nSPS) is 16.2. The maximum atomic E-state index is 10.9. The number of nitrogens with zero attached hydrogens (tertiary/aromatic N) is 3. The standard InChI is InChI=1S/C13H14N4O3/c18-17(19)9-1-2-12-11(7-9)13(16-8-15-12)20-10-3-5-14-6-4-10/h1-2,7-8,10,14H,3-6H2. The molecule has 0 amide bonds. The Labute approximate surface area is 115 Å². The van der Waals surface area contributed by atoms with Crippen LogP contribution in [-0.4, -0.2) is 34.1 Å². The summed E-state index contributed by atoms with van der Waals surface area (Å²) in [4.78, 5) is 18.7. The van der Waals surface area contributed by atoms with Crippen LogP contribution in [0.25, 0.3) is 10.9 Å². The fourth-order valence-corrected chi connectivity index (χ4v) is 2.30. The first-order valence-electron chi connectivity index (χ1n) is 6.50. The van der Waals surface area contributed by atoms with Crippen LogP contribution < -0.4 is 10.1 Å². The van der Waals surface area contributed by atoms with Crippen LogP contribution in [-0.2, 0) is 0 Å². The zero-order chi connectivity index (χ0) is 13.9. The number of hydrogen-bond acceptors (Lipinski definition) is 6. The third kappa shape index (κ3) is 2.53. The lowest BCUT2D eigenvalue weighted by Gasteiger charge is -2.23. The maximum absolute atomic E-state index is 10.9. The summed E-state index contributed by atoms with van der Waals surface area (Å²) >= 11 is 0. The van der Waals surface area contributed by atoms with Crippen molar-refractivity contribution in [1.29, 1.82) is 0 Å². The topological polar surface area (TPSA) is 90.2 Å². The number of aromatic nitrogens is 2. The number of nitro benzene ring substituents is 1. The van der Waals surface area contributed by atoms with E-state index >= 15 is 0 Å². The Bertz CT molecular complexity index is 641. The number of piperidine rings is 1. The minimum atomic E-state index is -0.430. The fourth-order valence-electron chi connectivity index (χ4n) is 2.30. The highest BCUT2D eigenvalue weighted by Crippen LogP contribution is 2.27. The van der Waals surface area contributed by atoms with Crippen molar-refractivity contribution < 1.29 is 9.66 Å². The number of rotatable bonds is 3. The molecule has 0 radical (unpaired) electrons. The van der Waals surface area contributed by atoms with E-state index in [1.165, 1.54) is 18.5 Å². The van der Waals surface area contributed by atoms with Crippen LogP contribution in [0.3, 0.4) is 0 Å². The van der Waals surface area contributed by atoms with Crippen LogP contribution in [0.5, 0.6) is 5.88 Å². The molecule has 7 heteroatoms. The summed E-state index contributed by atoms with van der Waals surface area (Å²) in [6.07, 6.45) is 3.32. The number of ether oxygens (including phenoxy) is 1. The maximum Gasteiger partial charge on any atom is 0.270 e. The van der Waals surface area contributed by atoms with Gasteiger partial charge >= 0.3 is 0 Å². The molecule has 0 unspecified atom stereocenters. The van der Waals surface area contributed by atoms with Crippen LogP contribution in [0.1, 0.15) is 12.8 Å². The van der Waals surface area contributed by atoms with Crippen molar-refractivity contribution in [1.82, 2.24) is 15.3 Å². The van der Waals surface area contributed by atoms with Crippen molar-refractivity contribution in [3.63, 3.8) is 0 Å². The number of non-ortho nitro benzene ring substituents is 1. The summed E-state index contributed by atoms with van der Waals surface area (Å²) in [5.74, 6) is 0.422. The lowest BCUT2D eigenvalue weighted by molar-refractivity contribution is -0.384. The van der Waals surface area contributed by atoms with E-state index in [1.807, 2.05) is 0 Å². The molecular formula is C13H14N4O3. The van der Waals surface area contributed by atoms with Gasteiger partial charge in [0.2, 0.25) is 5.88 Å². The van der Waals surface area contributed by atoms with Gasteiger partial charge in [-0.1, -0.05) is 0 Å². The van der Waals surface area contributed by atoms with E-state index < -0.39 is 4.92 Å². The van der Waals surface area contributed by atoms with Crippen LogP contribution in [0, 0.1) is 10.1 Å². The monoisotopic (exact) mass is 274 g/mol. The molecule has 0 saturated carbocycles. The number of nitro groups is 1. The van der Waals surface area contributed by atoms with Crippen molar-refractivity contribution in [2.45, 2.75) is 18.9 Å². The summed E-state index contributed by atoms with van der Waals surface area (Å²) in [5.41, 5.74) is 0.664. The van der Waals surface area contributed by atoms with Gasteiger partial charge in [-0.2, -0.15) is 0 Å². The molecule has 0 spiro atoms. The second-order valence-corrected chi connectivity index (χ2v) is 4.70. The molecule has 104 valence electrons. The number of fused-ring (bicyclic) bond motifs is 1. The van der Waals surface area contributed by atoms with Crippen LogP contribution >= 0.6 is 0 Å². The van der Waals surface area contributed by atoms with Gasteiger partial charge in [-0.15, -0.1) is 0 Å². The van der Waals surface area contributed by atoms with Crippen molar-refractivity contribution in [3.8, 4) is 5.88 Å². The van der Waals surface area contributed by atoms with Gasteiger partial charge in [0.1, 0.15) is 12.4 Å². The fraction of sp³-hybridized carbons (Fsp3) is 0.385. The molecule has 0 aliphatic carbocycles. The van der Waals surface area contributed by atoms with Gasteiger partial charge in [0, 0.05) is 12.1 Å². The molecule has 1 aromatic heterocycles. The zero-order valence-corrected chi connectivity index (χ0v) is 10.8. The molecule has 7 nitrogen and oxygen atoms in total. The van der Waals surface area contributed by atoms with E-state index in [0.29, 0.717) is 16.8 Å². The Morgan fingerprint density at radius 2 is 2.10 bits per heavy atom. The van der Waals surface area contributed by atoms with Crippen molar-refractivity contribution in [3.05, 3.63) is 34.6 Å². The van der Waals surface area contributed by atoms with E-state index in [1.54, 1.807) is 6.07 Å². The number of hydrogen-bond donors (Lipinski definition) is 1. The van der Waals surface area contributed by atoms with Gasteiger partial charge in [0.15, 0.2) is 0 Å². The molecule has 1 aliphatic heterocycles. The average Bonchev–Trinajstić information content (AvgIpc) is 2.48. The third-order valence-corrected chi connectivity index (χ3v) is 3.36. The molecule has 0 bridgehead atoms. The van der Waals surface area contributed by atoms with E-state index in [-0.39, 0.29) is 11.8 Å². The zero-order valence-electron chi connectivity index (χ0n) is 10.8. The molecule has 3 rings (SSSR count). The van der Waals surface area contributed by atoms with Gasteiger partial charge in [-0.3, -0.25) is 10.1 Å². The Morgan fingerprint density at radius 1 is 1.30 bits per heavy atom. The third-order valence-electron chi connectivity index (χ3n) is 3.36. The Morgan fingerprint density at radius 3 is 2.85 bits per heavy atom. The summed E-state index contributed by atoms with van der Waals surface area (Å²) in [7, 11) is 0. The first-order chi connectivity index (χ1) is 9.74. The first kappa shape index (κ1) is 12.7. The lowest BCUT2D eigenvalue weighted by Crippen LogP contribution is -2.34. The molecule has 2 aromatic rings. The van der Waals surface area contributed by atoms with Gasteiger partial charge in [0.25, 0.3) is 5.69 Å². The molecule has 2 heterocycles. The molecular weight excluding hydrogens is 260 g/mol. The lowest BCUT2D eigenvalue weighted by atomic mass is 10.1.